The van der Waals surface area contributed by atoms with Crippen LogP contribution in [-0.4, -0.2) is 40.4 Å². The van der Waals surface area contributed by atoms with Crippen LogP contribution in [0.25, 0.3) is 11.1 Å². The average Bonchev–Trinajstić information content (AvgIpc) is 3.12. The van der Waals surface area contributed by atoms with Crippen molar-refractivity contribution in [1.29, 1.82) is 0 Å². The van der Waals surface area contributed by atoms with Crippen molar-refractivity contribution in [3.63, 3.8) is 0 Å². The van der Waals surface area contributed by atoms with Crippen molar-refractivity contribution < 1.29 is 28.3 Å². The van der Waals surface area contributed by atoms with E-state index in [0.717, 1.165) is 4.90 Å². The van der Waals surface area contributed by atoms with Gasteiger partial charge in [-0.1, -0.05) is 0 Å². The number of furan rings is 1. The predicted octanol–water partition coefficient (Wildman–Crippen LogP) is 1.07. The van der Waals surface area contributed by atoms with Crippen molar-refractivity contribution in [1.82, 2.24) is 15.2 Å². The topological polar surface area (TPSA) is 145 Å². The van der Waals surface area contributed by atoms with E-state index in [4.69, 9.17) is 14.9 Å². The summed E-state index contributed by atoms with van der Waals surface area (Å²) in [6.45, 7) is 4.48. The molecule has 0 radical (unpaired) electrons. The molecule has 0 bridgehead atoms. The van der Waals surface area contributed by atoms with Crippen molar-refractivity contribution >= 4 is 34.9 Å². The van der Waals surface area contributed by atoms with Crippen LogP contribution in [0.15, 0.2) is 22.7 Å². The molecule has 2 aromatic rings. The second-order valence-electron chi connectivity index (χ2n) is 7.08. The van der Waals surface area contributed by atoms with Crippen LogP contribution in [0.1, 0.15) is 42.9 Å². The largest absolute Gasteiger partial charge is 0.457 e. The zero-order valence-corrected chi connectivity index (χ0v) is 14.9. The number of fused-ring (bicyclic) bond motifs is 1. The van der Waals surface area contributed by atoms with Crippen molar-refractivity contribution in [3.8, 4) is 0 Å². The highest BCUT2D eigenvalue weighted by molar-refractivity contribution is 6.04. The van der Waals surface area contributed by atoms with E-state index in [0.29, 0.717) is 5.52 Å². The number of hydrogen-bond donors (Lipinski definition) is 2. The lowest BCUT2D eigenvalue weighted by Crippen LogP contribution is -2.36. The summed E-state index contributed by atoms with van der Waals surface area (Å²) in [5, 5.41) is 2.46. The third kappa shape index (κ3) is 3.46. The van der Waals surface area contributed by atoms with E-state index < -0.39 is 42.0 Å². The number of carbonyl (C=O) groups is 4. The molecule has 0 unspecified atom stereocenters. The highest BCUT2D eigenvalue weighted by Crippen LogP contribution is 2.28. The highest BCUT2D eigenvalue weighted by atomic mass is 16.5. The van der Waals surface area contributed by atoms with Crippen molar-refractivity contribution in [3.05, 3.63) is 29.7 Å². The van der Waals surface area contributed by atoms with Gasteiger partial charge in [0.2, 0.25) is 5.91 Å². The summed E-state index contributed by atoms with van der Waals surface area (Å²) >= 11 is 0. The molecule has 1 aliphatic rings. The second kappa shape index (κ2) is 6.38. The van der Waals surface area contributed by atoms with Crippen LogP contribution in [0.2, 0.25) is 0 Å². The molecule has 10 heteroatoms. The molecule has 3 rings (SSSR count). The molecule has 3 N–H and O–H groups in total. The summed E-state index contributed by atoms with van der Waals surface area (Å²) in [4.78, 5) is 52.5. The van der Waals surface area contributed by atoms with Gasteiger partial charge in [0.1, 0.15) is 11.3 Å². The lowest BCUT2D eigenvalue weighted by atomic mass is 9.98. The molecule has 1 fully saturated rings. The molecule has 0 spiro atoms. The number of rotatable bonds is 4. The number of carbonyl (C=O) groups excluding carboxylic acids is 4. The van der Waals surface area contributed by atoms with Gasteiger partial charge in [0, 0.05) is 12.3 Å². The normalized spacial score (nSPS) is 17.3. The number of nitrogens with two attached hydrogens (primary N) is 1. The molecule has 10 nitrogen and oxygen atoms in total. The monoisotopic (exact) mass is 374 g/mol. The van der Waals surface area contributed by atoms with Gasteiger partial charge in [-0.2, -0.15) is 0 Å². The van der Waals surface area contributed by atoms with Crippen molar-refractivity contribution in [2.24, 2.45) is 11.1 Å². The molecular formula is C17H18N4O6. The summed E-state index contributed by atoms with van der Waals surface area (Å²) in [5.74, 6) is -1.70. The summed E-state index contributed by atoms with van der Waals surface area (Å²) in [6, 6.07) is 1.08. The first kappa shape index (κ1) is 18.4. The first-order chi connectivity index (χ1) is 12.6. The maximum atomic E-state index is 12.5. The van der Waals surface area contributed by atoms with E-state index in [-0.39, 0.29) is 16.9 Å². The third-order valence-corrected chi connectivity index (χ3v) is 3.92. The maximum absolute atomic E-state index is 12.5. The minimum Gasteiger partial charge on any atom is -0.457 e. The van der Waals surface area contributed by atoms with Crippen LogP contribution < -0.4 is 11.1 Å². The van der Waals surface area contributed by atoms with E-state index in [9.17, 15) is 19.2 Å². The summed E-state index contributed by atoms with van der Waals surface area (Å²) in [5.41, 5.74) is 5.24. The van der Waals surface area contributed by atoms with Crippen molar-refractivity contribution in [2.45, 2.75) is 26.8 Å². The van der Waals surface area contributed by atoms with E-state index >= 15 is 0 Å². The number of ether oxygens (including phenoxy) is 1. The number of pyridine rings is 1. The lowest BCUT2D eigenvalue weighted by Gasteiger charge is -2.19. The van der Waals surface area contributed by atoms with Crippen LogP contribution in [0.3, 0.4) is 0 Å². The first-order valence-corrected chi connectivity index (χ1v) is 8.06. The molecule has 27 heavy (non-hydrogen) atoms. The molecule has 142 valence electrons. The number of primary amides is 1. The van der Waals surface area contributed by atoms with Gasteiger partial charge in [0.15, 0.2) is 18.4 Å². The van der Waals surface area contributed by atoms with Crippen LogP contribution in [-0.2, 0) is 14.3 Å². The Morgan fingerprint density at radius 3 is 2.67 bits per heavy atom. The van der Waals surface area contributed by atoms with Crippen LogP contribution >= 0.6 is 0 Å². The summed E-state index contributed by atoms with van der Waals surface area (Å²) < 4.78 is 10.6. The number of nitrogens with zero attached hydrogens (tertiary/aromatic N) is 2. The average molecular weight is 374 g/mol. The molecule has 0 saturated carbocycles. The van der Waals surface area contributed by atoms with Gasteiger partial charge >= 0.3 is 12.0 Å². The Kier molecular flexibility index (Phi) is 4.34. The number of nitrogens with one attached hydrogen (secondary N) is 1. The third-order valence-electron chi connectivity index (χ3n) is 3.92. The minimum atomic E-state index is -1.09. The van der Waals surface area contributed by atoms with Gasteiger partial charge in [-0.25, -0.2) is 9.69 Å². The predicted molar refractivity (Wildman–Crippen MR) is 91.1 cm³/mol. The zero-order chi connectivity index (χ0) is 19.9. The summed E-state index contributed by atoms with van der Waals surface area (Å²) in [7, 11) is 0. The molecule has 2 aromatic heterocycles. The minimum absolute atomic E-state index is 0.141. The Balaban J connectivity index is 1.79. The highest BCUT2D eigenvalue weighted by Gasteiger charge is 2.42. The number of imide groups is 1. The Labute approximate surface area is 153 Å². The quantitative estimate of drug-likeness (QED) is 0.601. The fourth-order valence-corrected chi connectivity index (χ4v) is 2.39. The first-order valence-electron chi connectivity index (χ1n) is 8.06. The van der Waals surface area contributed by atoms with E-state index in [2.05, 4.69) is 10.3 Å². The SMILES string of the molecule is CC(C)(C)C(=O)OCN1C(=O)N[C@@H](c2cc3ncc(C(N)=O)cc3o2)C1=O. The summed E-state index contributed by atoms with van der Waals surface area (Å²) in [6.07, 6.45) is 1.29. The molecular weight excluding hydrogens is 356 g/mol. The van der Waals surface area contributed by atoms with E-state index in [1.807, 2.05) is 0 Å². The molecule has 4 amide bonds. The standard InChI is InChI=1S/C17H18N4O6/c1-17(2,3)15(24)26-7-21-14(23)12(20-16(21)25)11-5-9-10(27-11)4-8(6-19-9)13(18)22/h4-6,12H,7H2,1-3H3,(H2,18,22)(H,20,25)/t12-/m0/s1. The Morgan fingerprint density at radius 2 is 2.04 bits per heavy atom. The molecule has 0 aliphatic carbocycles. The molecule has 1 atom stereocenters. The van der Waals surface area contributed by atoms with Gasteiger partial charge in [-0.15, -0.1) is 0 Å². The molecule has 3 heterocycles. The number of aromatic nitrogens is 1. The van der Waals surface area contributed by atoms with Gasteiger partial charge in [0.25, 0.3) is 5.91 Å². The van der Waals surface area contributed by atoms with Crippen LogP contribution in [0.5, 0.6) is 0 Å². The van der Waals surface area contributed by atoms with Gasteiger partial charge in [0.05, 0.1) is 11.0 Å². The fourth-order valence-electron chi connectivity index (χ4n) is 2.39. The van der Waals surface area contributed by atoms with Crippen LogP contribution in [0.4, 0.5) is 4.79 Å². The molecule has 1 aliphatic heterocycles. The lowest BCUT2D eigenvalue weighted by molar-refractivity contribution is -0.158. The molecule has 0 aromatic carbocycles. The van der Waals surface area contributed by atoms with Crippen molar-refractivity contribution in [2.75, 3.05) is 6.73 Å². The van der Waals surface area contributed by atoms with Gasteiger partial charge < -0.3 is 20.2 Å². The van der Waals surface area contributed by atoms with Gasteiger partial charge in [-0.3, -0.25) is 19.4 Å². The van der Waals surface area contributed by atoms with E-state index in [1.54, 1.807) is 20.8 Å². The Morgan fingerprint density at radius 1 is 1.33 bits per heavy atom. The number of esters is 1. The number of hydrogen-bond acceptors (Lipinski definition) is 7. The Hall–Kier alpha value is -3.43. The maximum Gasteiger partial charge on any atom is 0.327 e. The number of urea groups is 1. The Bertz CT molecular complexity index is 958. The second-order valence-corrected chi connectivity index (χ2v) is 7.08. The zero-order valence-electron chi connectivity index (χ0n) is 14.9. The van der Waals surface area contributed by atoms with Gasteiger partial charge in [-0.05, 0) is 26.8 Å². The van der Waals surface area contributed by atoms with Crippen LogP contribution in [0, 0.1) is 5.41 Å². The van der Waals surface area contributed by atoms with E-state index in [1.165, 1.54) is 18.3 Å². The number of amides is 4. The fraction of sp³-hybridized carbons (Fsp3) is 0.353. The smallest absolute Gasteiger partial charge is 0.327 e. The molecule has 1 saturated heterocycles.